The van der Waals surface area contributed by atoms with Crippen molar-refractivity contribution < 1.29 is 14.3 Å². The van der Waals surface area contributed by atoms with Crippen molar-refractivity contribution in [2.75, 3.05) is 20.2 Å². The number of phenolic OH excluding ortho intramolecular Hbond substituents is 1. The molecule has 0 unspecified atom stereocenters. The Bertz CT molecular complexity index is 624. The normalized spacial score (nSPS) is 11.3. The summed E-state index contributed by atoms with van der Waals surface area (Å²) in [6.45, 7) is 3.84. The second-order valence-corrected chi connectivity index (χ2v) is 4.95. The number of nitrogens with one attached hydrogen (secondary N) is 2. The summed E-state index contributed by atoms with van der Waals surface area (Å²) in [6.07, 6.45) is 2.45. The number of aromatic hydroxyl groups is 1. The van der Waals surface area contributed by atoms with Crippen molar-refractivity contribution in [3.8, 4) is 11.5 Å². The van der Waals surface area contributed by atoms with Crippen LogP contribution in [0.4, 0.5) is 0 Å². The number of furan rings is 1. The number of phenols is 1. The molecule has 23 heavy (non-hydrogen) atoms. The lowest BCUT2D eigenvalue weighted by atomic mass is 10.2. The highest BCUT2D eigenvalue weighted by Gasteiger charge is 2.04. The Morgan fingerprint density at radius 1 is 1.30 bits per heavy atom. The molecule has 0 saturated heterocycles. The minimum Gasteiger partial charge on any atom is -0.508 e. The zero-order chi connectivity index (χ0) is 16.5. The van der Waals surface area contributed by atoms with Crippen LogP contribution in [0.1, 0.15) is 18.2 Å². The average molecular weight is 317 g/mol. The van der Waals surface area contributed by atoms with Gasteiger partial charge in [-0.25, -0.2) is 4.99 Å². The molecule has 0 aliphatic rings. The van der Waals surface area contributed by atoms with E-state index in [-0.39, 0.29) is 5.75 Å². The van der Waals surface area contributed by atoms with Crippen molar-refractivity contribution >= 4 is 5.96 Å². The molecule has 1 aromatic heterocycles. The Kier molecular flexibility index (Phi) is 6.35. The molecule has 0 saturated carbocycles. The number of ether oxygens (including phenoxy) is 1. The maximum atomic E-state index is 9.90. The van der Waals surface area contributed by atoms with Crippen molar-refractivity contribution in [2.24, 2.45) is 4.99 Å². The van der Waals surface area contributed by atoms with Crippen LogP contribution in [0.15, 0.2) is 46.0 Å². The number of methoxy groups -OCH3 is 1. The van der Waals surface area contributed by atoms with Crippen molar-refractivity contribution in [3.05, 3.63) is 47.9 Å². The Morgan fingerprint density at radius 3 is 2.87 bits per heavy atom. The van der Waals surface area contributed by atoms with Crippen LogP contribution in [0.2, 0.25) is 0 Å². The molecule has 0 aliphatic carbocycles. The fraction of sp³-hybridized carbons (Fsp3) is 0.353. The standard InChI is InChI=1S/C17H23N3O3/c1-3-18-17(19-9-8-14-5-4-10-23-14)20-12-13-11-15(22-2)6-7-16(13)21/h4-7,10-11,21H,3,8-9,12H2,1-2H3,(H2,18,19,20). The highest BCUT2D eigenvalue weighted by atomic mass is 16.5. The number of nitrogens with zero attached hydrogens (tertiary/aromatic N) is 1. The van der Waals surface area contributed by atoms with E-state index in [2.05, 4.69) is 15.6 Å². The van der Waals surface area contributed by atoms with Crippen LogP contribution in [0.25, 0.3) is 0 Å². The first kappa shape index (κ1) is 16.7. The summed E-state index contributed by atoms with van der Waals surface area (Å²) >= 11 is 0. The second-order valence-electron chi connectivity index (χ2n) is 4.95. The minimum absolute atomic E-state index is 0.209. The molecule has 0 amide bonds. The van der Waals surface area contributed by atoms with E-state index in [4.69, 9.17) is 9.15 Å². The van der Waals surface area contributed by atoms with Crippen LogP contribution >= 0.6 is 0 Å². The third-order valence-electron chi connectivity index (χ3n) is 3.28. The maximum Gasteiger partial charge on any atom is 0.191 e. The molecule has 1 aromatic carbocycles. The van der Waals surface area contributed by atoms with Crippen LogP contribution in [0.3, 0.4) is 0 Å². The van der Waals surface area contributed by atoms with Gasteiger partial charge in [-0.2, -0.15) is 0 Å². The second kappa shape index (κ2) is 8.73. The van der Waals surface area contributed by atoms with Gasteiger partial charge in [-0.3, -0.25) is 0 Å². The van der Waals surface area contributed by atoms with E-state index in [1.54, 1.807) is 31.6 Å². The molecule has 1 heterocycles. The lowest BCUT2D eigenvalue weighted by Crippen LogP contribution is -2.38. The van der Waals surface area contributed by atoms with Crippen LogP contribution in [-0.2, 0) is 13.0 Å². The molecule has 0 fully saturated rings. The molecule has 6 heteroatoms. The lowest BCUT2D eigenvalue weighted by Gasteiger charge is -2.11. The zero-order valence-corrected chi connectivity index (χ0v) is 13.5. The van der Waals surface area contributed by atoms with Gasteiger partial charge in [0.1, 0.15) is 17.3 Å². The molecule has 0 bridgehead atoms. The Balaban J connectivity index is 1.95. The van der Waals surface area contributed by atoms with Gasteiger partial charge in [-0.1, -0.05) is 0 Å². The molecule has 6 nitrogen and oxygen atoms in total. The monoisotopic (exact) mass is 317 g/mol. The molecule has 2 aromatic rings. The Hall–Kier alpha value is -2.63. The van der Waals surface area contributed by atoms with Crippen molar-refractivity contribution in [2.45, 2.75) is 19.9 Å². The molecule has 0 radical (unpaired) electrons. The van der Waals surface area contributed by atoms with Crippen LogP contribution in [0, 0.1) is 0 Å². The topological polar surface area (TPSA) is 79.0 Å². The summed E-state index contributed by atoms with van der Waals surface area (Å²) < 4.78 is 10.5. The largest absolute Gasteiger partial charge is 0.508 e. The van der Waals surface area contributed by atoms with Gasteiger partial charge in [0.2, 0.25) is 0 Å². The summed E-state index contributed by atoms with van der Waals surface area (Å²) in [5.74, 6) is 2.53. The molecule has 0 aliphatic heterocycles. The van der Waals surface area contributed by atoms with Gasteiger partial charge in [-0.05, 0) is 37.3 Å². The summed E-state index contributed by atoms with van der Waals surface area (Å²) in [5.41, 5.74) is 0.715. The number of hydrogen-bond acceptors (Lipinski definition) is 4. The summed E-state index contributed by atoms with van der Waals surface area (Å²) in [7, 11) is 1.60. The van der Waals surface area contributed by atoms with Gasteiger partial charge < -0.3 is 24.9 Å². The smallest absolute Gasteiger partial charge is 0.191 e. The third kappa shape index (κ3) is 5.25. The van der Waals surface area contributed by atoms with Crippen LogP contribution < -0.4 is 15.4 Å². The van der Waals surface area contributed by atoms with Gasteiger partial charge in [0.05, 0.1) is 19.9 Å². The average Bonchev–Trinajstić information content (AvgIpc) is 3.07. The highest BCUT2D eigenvalue weighted by molar-refractivity contribution is 5.79. The van der Waals surface area contributed by atoms with Gasteiger partial charge in [0.25, 0.3) is 0 Å². The number of benzene rings is 1. The van der Waals surface area contributed by atoms with E-state index in [1.807, 2.05) is 19.1 Å². The molecule has 124 valence electrons. The zero-order valence-electron chi connectivity index (χ0n) is 13.5. The number of hydrogen-bond donors (Lipinski definition) is 3. The van der Waals surface area contributed by atoms with E-state index in [9.17, 15) is 5.11 Å². The van der Waals surface area contributed by atoms with E-state index in [1.165, 1.54) is 0 Å². The molecule has 3 N–H and O–H groups in total. The number of guanidine groups is 1. The molecule has 0 spiro atoms. The first-order chi connectivity index (χ1) is 11.2. The summed E-state index contributed by atoms with van der Waals surface area (Å²) in [5, 5.41) is 16.3. The fourth-order valence-corrected chi connectivity index (χ4v) is 2.08. The van der Waals surface area contributed by atoms with E-state index >= 15 is 0 Å². The molecule has 0 atom stereocenters. The van der Waals surface area contributed by atoms with Crippen LogP contribution in [-0.4, -0.2) is 31.3 Å². The van der Waals surface area contributed by atoms with Gasteiger partial charge in [-0.15, -0.1) is 0 Å². The summed E-state index contributed by atoms with van der Waals surface area (Å²) in [6, 6.07) is 8.93. The number of aliphatic imine (C=N–C) groups is 1. The lowest BCUT2D eigenvalue weighted by molar-refractivity contribution is 0.411. The first-order valence-corrected chi connectivity index (χ1v) is 7.63. The first-order valence-electron chi connectivity index (χ1n) is 7.63. The quantitative estimate of drug-likeness (QED) is 0.539. The fourth-order valence-electron chi connectivity index (χ4n) is 2.08. The van der Waals surface area contributed by atoms with Crippen molar-refractivity contribution in [1.29, 1.82) is 0 Å². The third-order valence-corrected chi connectivity index (χ3v) is 3.28. The number of rotatable bonds is 7. The molecular formula is C17H23N3O3. The van der Waals surface area contributed by atoms with E-state index in [0.717, 1.165) is 18.7 Å². The molecule has 2 rings (SSSR count). The van der Waals surface area contributed by atoms with Crippen LogP contribution in [0.5, 0.6) is 11.5 Å². The summed E-state index contributed by atoms with van der Waals surface area (Å²) in [4.78, 5) is 4.49. The van der Waals surface area contributed by atoms with Crippen molar-refractivity contribution in [3.63, 3.8) is 0 Å². The van der Waals surface area contributed by atoms with Crippen molar-refractivity contribution in [1.82, 2.24) is 10.6 Å². The highest BCUT2D eigenvalue weighted by Crippen LogP contribution is 2.23. The maximum absolute atomic E-state index is 9.90. The van der Waals surface area contributed by atoms with E-state index < -0.39 is 0 Å². The van der Waals surface area contributed by atoms with E-state index in [0.29, 0.717) is 30.4 Å². The molecular weight excluding hydrogens is 294 g/mol. The Morgan fingerprint density at radius 2 is 2.17 bits per heavy atom. The SMILES string of the molecule is CCNC(=NCc1cc(OC)ccc1O)NCCc1ccco1. The minimum atomic E-state index is 0.209. The predicted octanol–water partition coefficient (Wildman–Crippen LogP) is 2.29. The predicted molar refractivity (Wildman–Crippen MR) is 89.9 cm³/mol. The van der Waals surface area contributed by atoms with Gasteiger partial charge >= 0.3 is 0 Å². The Labute approximate surface area is 136 Å². The van der Waals surface area contributed by atoms with Gasteiger partial charge in [0.15, 0.2) is 5.96 Å². The van der Waals surface area contributed by atoms with Gasteiger partial charge in [0, 0.05) is 25.1 Å².